The molecule has 0 heterocycles. The maximum atomic E-state index is 11.0. The summed E-state index contributed by atoms with van der Waals surface area (Å²) in [5.41, 5.74) is 11.5. The smallest absolute Gasteiger partial charge is 0.126 e. The predicted molar refractivity (Wildman–Crippen MR) is 328 cm³/mol. The second-order valence-electron chi connectivity index (χ2n) is 24.0. The van der Waals surface area contributed by atoms with E-state index in [4.69, 9.17) is 9.47 Å². The van der Waals surface area contributed by atoms with Crippen LogP contribution in [0.3, 0.4) is 0 Å². The average molecular weight is 1070 g/mol. The van der Waals surface area contributed by atoms with E-state index in [9.17, 15) is 30.6 Å². The number of fused-ring (bicyclic) bond motifs is 3. The number of ether oxygens (including phenoxy) is 2. The zero-order valence-electron chi connectivity index (χ0n) is 46.5. The molecule has 12 aromatic carbocycles. The molecule has 6 N–H and O–H groups in total. The third-order valence-corrected chi connectivity index (χ3v) is 17.4. The molecule has 8 heteroatoms. The third kappa shape index (κ3) is 8.75. The standard InChI is InChI=1S/C73H66O8/c1-41(2)25-42-26-47-9-7-43-11-17-58(62-21-15-48(27-42)66(47)68(43)62)45-13-19-60-61-20-14-46(59-18-12-44-8-10-49-28-55(72(3,4)5)29-50-16-22-63(59)69(44)67(49)50)35-65(61)73(64(60)34-45,40-81-57-32-53(38-76)71(79)54(33-57)39-77)23-6-24-80-56-30-51(36-74)70(78)52(31-56)37-75/h7-22,26-35,41,74-79H,6,23-25,36-40H2,1-5H3. The van der Waals surface area contributed by atoms with E-state index < -0.39 is 31.8 Å². The van der Waals surface area contributed by atoms with Crippen LogP contribution in [0.15, 0.2) is 158 Å². The summed E-state index contributed by atoms with van der Waals surface area (Å²) >= 11 is 0. The van der Waals surface area contributed by atoms with Crippen LogP contribution in [0.2, 0.25) is 0 Å². The first-order valence-electron chi connectivity index (χ1n) is 28.3. The van der Waals surface area contributed by atoms with E-state index >= 15 is 0 Å². The Bertz CT molecular complexity index is 4340. The minimum absolute atomic E-state index is 0.0107. The maximum Gasteiger partial charge on any atom is 0.126 e. The van der Waals surface area contributed by atoms with E-state index in [1.807, 2.05) is 0 Å². The van der Waals surface area contributed by atoms with Crippen LogP contribution < -0.4 is 9.47 Å². The first-order chi connectivity index (χ1) is 39.2. The summed E-state index contributed by atoms with van der Waals surface area (Å²) in [5.74, 6) is 1.05. The van der Waals surface area contributed by atoms with E-state index in [0.717, 1.165) is 50.9 Å². The van der Waals surface area contributed by atoms with Crippen molar-refractivity contribution in [3.8, 4) is 56.4 Å². The molecule has 12 aromatic rings. The lowest BCUT2D eigenvalue weighted by Crippen LogP contribution is -2.33. The van der Waals surface area contributed by atoms with Crippen molar-refractivity contribution in [2.45, 2.75) is 91.1 Å². The van der Waals surface area contributed by atoms with Gasteiger partial charge in [0.15, 0.2) is 0 Å². The number of phenols is 2. The lowest BCUT2D eigenvalue weighted by atomic mass is 9.74. The number of aliphatic hydroxyl groups is 4. The van der Waals surface area contributed by atoms with Gasteiger partial charge in [0.2, 0.25) is 0 Å². The van der Waals surface area contributed by atoms with Gasteiger partial charge in [-0.25, -0.2) is 0 Å². The van der Waals surface area contributed by atoms with Crippen LogP contribution in [-0.4, -0.2) is 43.9 Å². The Hall–Kier alpha value is -8.24. The molecular weight excluding hydrogens is 1000 g/mol. The summed E-state index contributed by atoms with van der Waals surface area (Å²) in [7, 11) is 0. The highest BCUT2D eigenvalue weighted by Gasteiger charge is 2.44. The van der Waals surface area contributed by atoms with Crippen molar-refractivity contribution in [2.75, 3.05) is 13.2 Å². The van der Waals surface area contributed by atoms with Crippen molar-refractivity contribution in [1.29, 1.82) is 0 Å². The van der Waals surface area contributed by atoms with Crippen LogP contribution in [0.25, 0.3) is 98.0 Å². The fraction of sp³-hybridized carbons (Fsp3) is 0.233. The minimum Gasteiger partial charge on any atom is -0.507 e. The SMILES string of the molecule is CC(C)Cc1cc2ccc3ccc(-c4ccc5c(c4)C(CCCOc4cc(CO)c(O)c(CO)c4)(COc4cc(CO)c(O)c(CO)c4)c4cc(-c6ccc7ccc8cc(C(C)(C)C)cc9ccc6c7c89)ccc4-5)c4ccc(c1)c2c34. The molecule has 0 amide bonds. The molecule has 81 heavy (non-hydrogen) atoms. The topological polar surface area (TPSA) is 140 Å². The van der Waals surface area contributed by atoms with Gasteiger partial charge in [0.25, 0.3) is 0 Å². The van der Waals surface area contributed by atoms with E-state index in [1.165, 1.54) is 75.8 Å². The van der Waals surface area contributed by atoms with Gasteiger partial charge >= 0.3 is 0 Å². The number of rotatable bonds is 16. The summed E-state index contributed by atoms with van der Waals surface area (Å²) in [5, 5.41) is 77.4. The van der Waals surface area contributed by atoms with Crippen molar-refractivity contribution >= 4 is 64.6 Å². The zero-order valence-corrected chi connectivity index (χ0v) is 46.5. The molecule has 1 aliphatic carbocycles. The van der Waals surface area contributed by atoms with Crippen LogP contribution in [0.1, 0.15) is 92.0 Å². The molecule has 0 aliphatic heterocycles. The fourth-order valence-corrected chi connectivity index (χ4v) is 13.4. The lowest BCUT2D eigenvalue weighted by Gasteiger charge is -2.33. The number of hydrogen-bond donors (Lipinski definition) is 6. The summed E-state index contributed by atoms with van der Waals surface area (Å²) < 4.78 is 13.5. The van der Waals surface area contributed by atoms with E-state index in [1.54, 1.807) is 24.3 Å². The van der Waals surface area contributed by atoms with Crippen LogP contribution in [0.5, 0.6) is 23.0 Å². The lowest BCUT2D eigenvalue weighted by molar-refractivity contribution is 0.215. The summed E-state index contributed by atoms with van der Waals surface area (Å²) in [6.07, 6.45) is 2.09. The number of hydrogen-bond acceptors (Lipinski definition) is 8. The molecule has 13 rings (SSSR count). The molecular formula is C73H66O8. The van der Waals surface area contributed by atoms with Crippen LogP contribution in [0, 0.1) is 5.92 Å². The highest BCUT2D eigenvalue weighted by molar-refractivity contribution is 6.27. The Morgan fingerprint density at radius 2 is 0.852 bits per heavy atom. The number of aliphatic hydroxyl groups excluding tert-OH is 4. The first-order valence-corrected chi connectivity index (χ1v) is 28.3. The molecule has 406 valence electrons. The van der Waals surface area contributed by atoms with Gasteiger partial charge in [-0.2, -0.15) is 0 Å². The third-order valence-electron chi connectivity index (χ3n) is 17.4. The van der Waals surface area contributed by atoms with Crippen molar-refractivity contribution in [1.82, 2.24) is 0 Å². The molecule has 0 saturated heterocycles. The Kier molecular flexibility index (Phi) is 12.9. The maximum absolute atomic E-state index is 11.0. The van der Waals surface area contributed by atoms with Crippen LogP contribution in [-0.2, 0) is 43.7 Å². The van der Waals surface area contributed by atoms with Gasteiger partial charge in [-0.05, 0) is 187 Å². The molecule has 0 saturated carbocycles. The number of aromatic hydroxyl groups is 2. The normalized spacial score (nSPS) is 14.4. The van der Waals surface area contributed by atoms with Crippen LogP contribution in [0.4, 0.5) is 0 Å². The van der Waals surface area contributed by atoms with Crippen molar-refractivity contribution < 1.29 is 40.1 Å². The van der Waals surface area contributed by atoms with Crippen LogP contribution >= 0.6 is 0 Å². The van der Waals surface area contributed by atoms with E-state index in [0.29, 0.717) is 30.3 Å². The van der Waals surface area contributed by atoms with Gasteiger partial charge in [0.05, 0.1) is 38.4 Å². The number of benzene rings is 12. The average Bonchev–Trinajstić information content (AvgIpc) is 3.29. The summed E-state index contributed by atoms with van der Waals surface area (Å²) in [4.78, 5) is 0. The summed E-state index contributed by atoms with van der Waals surface area (Å²) in [6, 6.07) is 56.7. The molecule has 0 spiro atoms. The predicted octanol–water partition coefficient (Wildman–Crippen LogP) is 15.9. The molecule has 1 atom stereocenters. The van der Waals surface area contributed by atoms with Crippen molar-refractivity contribution in [2.24, 2.45) is 5.92 Å². The van der Waals surface area contributed by atoms with Crippen molar-refractivity contribution in [3.05, 3.63) is 202 Å². The second-order valence-corrected chi connectivity index (χ2v) is 24.0. The van der Waals surface area contributed by atoms with Gasteiger partial charge in [-0.3, -0.25) is 0 Å². The Labute approximate surface area is 471 Å². The molecule has 0 bridgehead atoms. The molecule has 0 fully saturated rings. The molecule has 0 radical (unpaired) electrons. The summed E-state index contributed by atoms with van der Waals surface area (Å²) in [6.45, 7) is 10.00. The Balaban J connectivity index is 0.998. The Morgan fingerprint density at radius 1 is 0.444 bits per heavy atom. The molecule has 1 aliphatic rings. The minimum atomic E-state index is -0.831. The first kappa shape index (κ1) is 52.2. The van der Waals surface area contributed by atoms with Gasteiger partial charge in [-0.15, -0.1) is 0 Å². The van der Waals surface area contributed by atoms with Gasteiger partial charge in [-0.1, -0.05) is 156 Å². The monoisotopic (exact) mass is 1070 g/mol. The zero-order chi connectivity index (χ0) is 56.1. The highest BCUT2D eigenvalue weighted by Crippen LogP contribution is 2.55. The van der Waals surface area contributed by atoms with Gasteiger partial charge in [0, 0.05) is 22.3 Å². The molecule has 0 aromatic heterocycles. The highest BCUT2D eigenvalue weighted by atomic mass is 16.5. The largest absolute Gasteiger partial charge is 0.507 e. The van der Waals surface area contributed by atoms with E-state index in [2.05, 4.69) is 168 Å². The molecule has 8 nitrogen and oxygen atoms in total. The van der Waals surface area contributed by atoms with E-state index in [-0.39, 0.29) is 52.4 Å². The van der Waals surface area contributed by atoms with Crippen molar-refractivity contribution in [3.63, 3.8) is 0 Å². The molecule has 1 unspecified atom stereocenters. The quantitative estimate of drug-likeness (QED) is 0.0415. The second kappa shape index (κ2) is 20.1. The Morgan fingerprint density at radius 3 is 1.30 bits per heavy atom. The van der Waals surface area contributed by atoms with Gasteiger partial charge in [0.1, 0.15) is 29.6 Å². The fourth-order valence-electron chi connectivity index (χ4n) is 13.4. The van der Waals surface area contributed by atoms with Gasteiger partial charge < -0.3 is 40.1 Å².